The molecule has 2 aromatic rings. The van der Waals surface area contributed by atoms with Gasteiger partial charge in [-0.3, -0.25) is 4.72 Å². The zero-order valence-corrected chi connectivity index (χ0v) is 14.0. The maximum absolute atomic E-state index is 12.2. The molecule has 0 saturated heterocycles. The number of nitrogens with one attached hydrogen (secondary N) is 1. The van der Waals surface area contributed by atoms with E-state index in [9.17, 15) is 8.42 Å². The van der Waals surface area contributed by atoms with Gasteiger partial charge in [-0.05, 0) is 46.3 Å². The summed E-state index contributed by atoms with van der Waals surface area (Å²) < 4.78 is 28.1. The number of hydrogen-bond donors (Lipinski definition) is 1. The molecule has 0 aliphatic carbocycles. The second-order valence-electron chi connectivity index (χ2n) is 3.55. The van der Waals surface area contributed by atoms with Crippen molar-refractivity contribution in [3.63, 3.8) is 0 Å². The molecular weight excluding hydrogens is 419 g/mol. The van der Waals surface area contributed by atoms with Gasteiger partial charge in [-0.1, -0.05) is 27.5 Å². The van der Waals surface area contributed by atoms with Gasteiger partial charge in [0.05, 0.1) is 11.9 Å². The zero-order valence-electron chi connectivity index (χ0n) is 9.27. The van der Waals surface area contributed by atoms with Crippen molar-refractivity contribution >= 4 is 59.2 Å². The highest BCUT2D eigenvalue weighted by atomic mass is 79.9. The minimum absolute atomic E-state index is 0.144. The molecule has 0 aliphatic heterocycles. The summed E-state index contributed by atoms with van der Waals surface area (Å²) in [5.74, 6) is 0. The van der Waals surface area contributed by atoms with E-state index in [4.69, 9.17) is 11.6 Å². The van der Waals surface area contributed by atoms with Crippen LogP contribution in [0.3, 0.4) is 0 Å². The summed E-state index contributed by atoms with van der Waals surface area (Å²) in [6, 6.07) is 7.86. The standard InChI is InChI=1S/C11H7Br2ClN2O2S/c12-7-1-3-10(9(13)5-7)19(17,18)16-8-2-4-11(14)15-6-8/h1-6,16H. The second kappa shape index (κ2) is 5.78. The molecule has 0 aliphatic rings. The Morgan fingerprint density at radius 2 is 1.89 bits per heavy atom. The van der Waals surface area contributed by atoms with Gasteiger partial charge in [-0.25, -0.2) is 13.4 Å². The summed E-state index contributed by atoms with van der Waals surface area (Å²) >= 11 is 12.1. The lowest BCUT2D eigenvalue weighted by Crippen LogP contribution is -2.13. The van der Waals surface area contributed by atoms with Gasteiger partial charge in [-0.15, -0.1) is 0 Å². The predicted octanol–water partition coefficient (Wildman–Crippen LogP) is 4.06. The van der Waals surface area contributed by atoms with Gasteiger partial charge in [0.25, 0.3) is 10.0 Å². The molecule has 0 spiro atoms. The molecule has 0 saturated carbocycles. The van der Waals surface area contributed by atoms with Crippen LogP contribution in [0.1, 0.15) is 0 Å². The maximum atomic E-state index is 12.2. The number of rotatable bonds is 3. The fourth-order valence-electron chi connectivity index (χ4n) is 1.34. The van der Waals surface area contributed by atoms with Gasteiger partial charge in [0.15, 0.2) is 0 Å². The Bertz CT molecular complexity index is 705. The van der Waals surface area contributed by atoms with Crippen LogP contribution in [0.15, 0.2) is 50.4 Å². The van der Waals surface area contributed by atoms with Crippen molar-refractivity contribution in [3.05, 3.63) is 50.6 Å². The molecule has 0 amide bonds. The zero-order chi connectivity index (χ0) is 14.0. The fraction of sp³-hybridized carbons (Fsp3) is 0. The number of hydrogen-bond acceptors (Lipinski definition) is 3. The van der Waals surface area contributed by atoms with Gasteiger partial charge in [0.2, 0.25) is 0 Å². The fourth-order valence-corrected chi connectivity index (χ4v) is 4.24. The lowest BCUT2D eigenvalue weighted by molar-refractivity contribution is 0.600. The lowest BCUT2D eigenvalue weighted by Gasteiger charge is -2.09. The molecule has 2 rings (SSSR count). The average Bonchev–Trinajstić information content (AvgIpc) is 2.31. The minimum Gasteiger partial charge on any atom is -0.278 e. The average molecular weight is 427 g/mol. The van der Waals surface area contributed by atoms with Crippen LogP contribution < -0.4 is 4.72 Å². The van der Waals surface area contributed by atoms with Crippen molar-refractivity contribution in [2.75, 3.05) is 4.72 Å². The Kier molecular flexibility index (Phi) is 4.50. The van der Waals surface area contributed by atoms with Crippen LogP contribution in [-0.4, -0.2) is 13.4 Å². The molecular formula is C11H7Br2ClN2O2S. The number of nitrogens with zero attached hydrogens (tertiary/aromatic N) is 1. The molecule has 1 aromatic heterocycles. The molecule has 1 N–H and O–H groups in total. The summed E-state index contributed by atoms with van der Waals surface area (Å²) in [6.07, 6.45) is 1.35. The summed E-state index contributed by atoms with van der Waals surface area (Å²) in [5.41, 5.74) is 0.346. The third-order valence-corrected chi connectivity index (χ3v) is 5.24. The van der Waals surface area contributed by atoms with Gasteiger partial charge in [0, 0.05) is 8.95 Å². The van der Waals surface area contributed by atoms with Crippen LogP contribution in [0.25, 0.3) is 0 Å². The Balaban J connectivity index is 2.35. The Labute approximate surface area is 132 Å². The molecule has 1 heterocycles. The first kappa shape index (κ1) is 14.8. The molecule has 4 nitrogen and oxygen atoms in total. The maximum Gasteiger partial charge on any atom is 0.263 e. The topological polar surface area (TPSA) is 59.1 Å². The highest BCUT2D eigenvalue weighted by Crippen LogP contribution is 2.27. The van der Waals surface area contributed by atoms with Crippen molar-refractivity contribution in [2.45, 2.75) is 4.90 Å². The van der Waals surface area contributed by atoms with Crippen LogP contribution in [0.4, 0.5) is 5.69 Å². The summed E-state index contributed by atoms with van der Waals surface area (Å²) in [4.78, 5) is 3.96. The molecule has 1 aromatic carbocycles. The number of aromatic nitrogens is 1. The highest BCUT2D eigenvalue weighted by molar-refractivity contribution is 9.11. The first-order valence-electron chi connectivity index (χ1n) is 4.98. The normalized spacial score (nSPS) is 11.3. The minimum atomic E-state index is -3.67. The lowest BCUT2D eigenvalue weighted by atomic mass is 10.4. The van der Waals surface area contributed by atoms with Crippen molar-refractivity contribution in [1.82, 2.24) is 4.98 Å². The number of halogens is 3. The van der Waals surface area contributed by atoms with Crippen LogP contribution >= 0.6 is 43.5 Å². The summed E-state index contributed by atoms with van der Waals surface area (Å²) in [6.45, 7) is 0. The molecule has 0 unspecified atom stereocenters. The predicted molar refractivity (Wildman–Crippen MR) is 81.9 cm³/mol. The van der Waals surface area contributed by atoms with Gasteiger partial charge in [-0.2, -0.15) is 0 Å². The van der Waals surface area contributed by atoms with Crippen LogP contribution in [0, 0.1) is 0 Å². The molecule has 0 bridgehead atoms. The van der Waals surface area contributed by atoms with Crippen LogP contribution in [0.2, 0.25) is 5.15 Å². The summed E-state index contributed by atoms with van der Waals surface area (Å²) in [7, 11) is -3.67. The Morgan fingerprint density at radius 3 is 2.47 bits per heavy atom. The van der Waals surface area contributed by atoms with E-state index in [-0.39, 0.29) is 4.90 Å². The third-order valence-electron chi connectivity index (χ3n) is 2.16. The van der Waals surface area contributed by atoms with Gasteiger partial charge < -0.3 is 0 Å². The van der Waals surface area contributed by atoms with E-state index >= 15 is 0 Å². The van der Waals surface area contributed by atoms with Crippen molar-refractivity contribution < 1.29 is 8.42 Å². The first-order valence-corrected chi connectivity index (χ1v) is 8.42. The highest BCUT2D eigenvalue weighted by Gasteiger charge is 2.17. The van der Waals surface area contributed by atoms with E-state index < -0.39 is 10.0 Å². The molecule has 19 heavy (non-hydrogen) atoms. The number of pyridine rings is 1. The van der Waals surface area contributed by atoms with Crippen LogP contribution in [-0.2, 0) is 10.0 Å². The van der Waals surface area contributed by atoms with Crippen molar-refractivity contribution in [2.24, 2.45) is 0 Å². The van der Waals surface area contributed by atoms with Crippen molar-refractivity contribution in [3.8, 4) is 0 Å². The van der Waals surface area contributed by atoms with E-state index in [1.165, 1.54) is 18.3 Å². The van der Waals surface area contributed by atoms with Crippen LogP contribution in [0.5, 0.6) is 0 Å². The molecule has 0 atom stereocenters. The Hall–Kier alpha value is -0.630. The van der Waals surface area contributed by atoms with E-state index in [1.54, 1.807) is 18.2 Å². The molecule has 0 radical (unpaired) electrons. The van der Waals surface area contributed by atoms with E-state index in [0.717, 1.165) is 4.47 Å². The van der Waals surface area contributed by atoms with E-state index in [2.05, 4.69) is 41.6 Å². The molecule has 0 fully saturated rings. The second-order valence-corrected chi connectivity index (χ2v) is 7.36. The first-order chi connectivity index (χ1) is 8.88. The smallest absolute Gasteiger partial charge is 0.263 e. The van der Waals surface area contributed by atoms with Gasteiger partial charge in [0.1, 0.15) is 10.0 Å². The Morgan fingerprint density at radius 1 is 1.16 bits per heavy atom. The quantitative estimate of drug-likeness (QED) is 0.753. The van der Waals surface area contributed by atoms with E-state index in [1.807, 2.05) is 0 Å². The number of sulfonamides is 1. The number of benzene rings is 1. The molecule has 100 valence electrons. The monoisotopic (exact) mass is 424 g/mol. The van der Waals surface area contributed by atoms with Gasteiger partial charge >= 0.3 is 0 Å². The van der Waals surface area contributed by atoms with E-state index in [0.29, 0.717) is 15.3 Å². The van der Waals surface area contributed by atoms with Crippen molar-refractivity contribution in [1.29, 1.82) is 0 Å². The summed E-state index contributed by atoms with van der Waals surface area (Å²) in [5, 5.41) is 0.299. The largest absolute Gasteiger partial charge is 0.278 e. The third kappa shape index (κ3) is 3.68. The molecule has 8 heteroatoms. The SMILES string of the molecule is O=S(=O)(Nc1ccc(Cl)nc1)c1ccc(Br)cc1Br. The number of anilines is 1.